The molecule has 0 aromatic rings. The van der Waals surface area contributed by atoms with E-state index in [1.54, 1.807) is 0 Å². The molecule has 37 heavy (non-hydrogen) atoms. The van der Waals surface area contributed by atoms with Crippen LogP contribution in [0.3, 0.4) is 0 Å². The van der Waals surface area contributed by atoms with Gasteiger partial charge in [0.2, 0.25) is 0 Å². The van der Waals surface area contributed by atoms with Crippen LogP contribution in [0.1, 0.15) is 97.3 Å². The summed E-state index contributed by atoms with van der Waals surface area (Å²) in [7, 11) is 1.46. The number of carbonyl (C=O) groups excluding carboxylic acids is 2. The number of likely N-dealkylation sites (N-methyl/N-ethyl adjacent to an activating group) is 1. The Balaban J connectivity index is 4.57. The van der Waals surface area contributed by atoms with E-state index >= 15 is 0 Å². The Morgan fingerprint density at radius 1 is 0.865 bits per heavy atom. The Morgan fingerprint density at radius 3 is 2.08 bits per heavy atom. The first-order valence-electron chi connectivity index (χ1n) is 13.9. The number of allylic oxidation sites excluding steroid dienone is 2. The molecule has 0 aromatic heterocycles. The van der Waals surface area contributed by atoms with Gasteiger partial charge in [0.1, 0.15) is 19.8 Å². The standard InChI is InChI=1S/C27H52NO8P/c1-6-8-10-12-13-14-16-17-19-26(29)33-23-25(36-27(30)20-18-15-11-9-7-2)24-35-37(31,32)34-22-21-28(3,4)5/h6,8,25H,7,9-24H2,1-5H3/p+1/b8-6-/t25-/m1/s1. The lowest BCUT2D eigenvalue weighted by Gasteiger charge is -2.24. The molecule has 0 spiro atoms. The molecule has 0 saturated heterocycles. The molecule has 0 aromatic carbocycles. The number of nitrogens with zero attached hydrogens (tertiary/aromatic N) is 1. The zero-order valence-electron chi connectivity index (χ0n) is 24.0. The lowest BCUT2D eigenvalue weighted by atomic mass is 10.1. The van der Waals surface area contributed by atoms with Crippen LogP contribution < -0.4 is 0 Å². The average molecular weight is 551 g/mol. The fourth-order valence-electron chi connectivity index (χ4n) is 3.37. The molecule has 1 unspecified atom stereocenters. The second-order valence-electron chi connectivity index (χ2n) is 10.4. The van der Waals surface area contributed by atoms with Crippen LogP contribution in [0, 0.1) is 0 Å². The number of phosphoric ester groups is 1. The van der Waals surface area contributed by atoms with E-state index in [-0.39, 0.29) is 32.0 Å². The van der Waals surface area contributed by atoms with Gasteiger partial charge in [0.15, 0.2) is 6.10 Å². The largest absolute Gasteiger partial charge is 0.472 e. The number of ether oxygens (including phenoxy) is 2. The number of esters is 2. The van der Waals surface area contributed by atoms with Gasteiger partial charge in [0.25, 0.3) is 0 Å². The Bertz CT molecular complexity index is 678. The zero-order chi connectivity index (χ0) is 28.0. The summed E-state index contributed by atoms with van der Waals surface area (Å²) in [5, 5.41) is 0. The van der Waals surface area contributed by atoms with E-state index in [0.717, 1.165) is 64.2 Å². The molecule has 0 aliphatic heterocycles. The van der Waals surface area contributed by atoms with E-state index in [1.165, 1.54) is 0 Å². The van der Waals surface area contributed by atoms with Crippen LogP contribution in [0.25, 0.3) is 0 Å². The average Bonchev–Trinajstić information content (AvgIpc) is 2.81. The lowest BCUT2D eigenvalue weighted by Crippen LogP contribution is -2.37. The first-order valence-corrected chi connectivity index (χ1v) is 15.4. The lowest BCUT2D eigenvalue weighted by molar-refractivity contribution is -0.870. The Labute approximate surface area is 225 Å². The second-order valence-corrected chi connectivity index (χ2v) is 11.9. The Kier molecular flexibility index (Phi) is 20.9. The van der Waals surface area contributed by atoms with Crippen molar-refractivity contribution in [3.05, 3.63) is 12.2 Å². The zero-order valence-corrected chi connectivity index (χ0v) is 24.8. The van der Waals surface area contributed by atoms with Crippen molar-refractivity contribution >= 4 is 19.8 Å². The van der Waals surface area contributed by atoms with Gasteiger partial charge in [-0.3, -0.25) is 18.6 Å². The highest BCUT2D eigenvalue weighted by Gasteiger charge is 2.27. The van der Waals surface area contributed by atoms with Gasteiger partial charge in [0.05, 0.1) is 27.7 Å². The van der Waals surface area contributed by atoms with E-state index in [9.17, 15) is 19.0 Å². The third-order valence-electron chi connectivity index (χ3n) is 5.64. The Morgan fingerprint density at radius 2 is 1.46 bits per heavy atom. The third kappa shape index (κ3) is 24.8. The number of unbranched alkanes of at least 4 members (excludes halogenated alkanes) is 9. The molecule has 2 atom stereocenters. The van der Waals surface area contributed by atoms with Gasteiger partial charge in [-0.2, -0.15) is 0 Å². The van der Waals surface area contributed by atoms with Crippen LogP contribution in [-0.2, 0) is 32.7 Å². The van der Waals surface area contributed by atoms with Gasteiger partial charge in [-0.15, -0.1) is 0 Å². The molecule has 0 rings (SSSR count). The summed E-state index contributed by atoms with van der Waals surface area (Å²) in [6, 6.07) is 0. The van der Waals surface area contributed by atoms with Crippen molar-refractivity contribution < 1.29 is 42.1 Å². The first kappa shape index (κ1) is 35.8. The van der Waals surface area contributed by atoms with E-state index in [2.05, 4.69) is 19.1 Å². The van der Waals surface area contributed by atoms with Crippen LogP contribution in [0.2, 0.25) is 0 Å². The molecular weight excluding hydrogens is 497 g/mol. The molecule has 0 fully saturated rings. The number of rotatable bonds is 24. The Hall–Kier alpha value is -1.25. The second kappa shape index (κ2) is 21.7. The van der Waals surface area contributed by atoms with Gasteiger partial charge in [0, 0.05) is 12.8 Å². The fourth-order valence-corrected chi connectivity index (χ4v) is 4.11. The maximum Gasteiger partial charge on any atom is 0.472 e. The maximum atomic E-state index is 12.3. The summed E-state index contributed by atoms with van der Waals surface area (Å²) in [4.78, 5) is 34.4. The highest BCUT2D eigenvalue weighted by atomic mass is 31.2. The minimum atomic E-state index is -4.34. The van der Waals surface area contributed by atoms with E-state index < -0.39 is 26.5 Å². The number of phosphoric acid groups is 1. The number of carbonyl (C=O) groups is 2. The van der Waals surface area contributed by atoms with Crippen molar-refractivity contribution in [3.8, 4) is 0 Å². The highest BCUT2D eigenvalue weighted by Crippen LogP contribution is 2.43. The van der Waals surface area contributed by atoms with E-state index in [1.807, 2.05) is 28.1 Å². The van der Waals surface area contributed by atoms with Gasteiger partial charge < -0.3 is 18.9 Å². The first-order chi connectivity index (χ1) is 17.5. The molecule has 0 aliphatic carbocycles. The minimum absolute atomic E-state index is 0.0315. The van der Waals surface area contributed by atoms with Crippen molar-refractivity contribution in [2.75, 3.05) is 47.5 Å². The van der Waals surface area contributed by atoms with Gasteiger partial charge in [-0.1, -0.05) is 64.0 Å². The minimum Gasteiger partial charge on any atom is -0.462 e. The molecule has 0 aliphatic rings. The maximum absolute atomic E-state index is 12.3. The van der Waals surface area contributed by atoms with Gasteiger partial charge >= 0.3 is 19.8 Å². The van der Waals surface area contributed by atoms with E-state index in [0.29, 0.717) is 17.4 Å². The SMILES string of the molecule is C/C=C\CCCCCCCC(=O)OC[C@H](COP(=O)(O)OCC[N+](C)(C)C)OC(=O)CCCCCCC. The van der Waals surface area contributed by atoms with Crippen molar-refractivity contribution in [2.24, 2.45) is 0 Å². The number of hydrogen-bond donors (Lipinski definition) is 1. The summed E-state index contributed by atoms with van der Waals surface area (Å²) in [5.41, 5.74) is 0. The summed E-state index contributed by atoms with van der Waals surface area (Å²) < 4.78 is 33.6. The van der Waals surface area contributed by atoms with Crippen molar-refractivity contribution in [2.45, 2.75) is 103 Å². The fraction of sp³-hybridized carbons (Fsp3) is 0.852. The van der Waals surface area contributed by atoms with Crippen LogP contribution in [-0.4, -0.2) is 74.9 Å². The highest BCUT2D eigenvalue weighted by molar-refractivity contribution is 7.47. The molecule has 9 nitrogen and oxygen atoms in total. The normalized spacial score (nSPS) is 14.4. The van der Waals surface area contributed by atoms with Crippen molar-refractivity contribution in [1.82, 2.24) is 0 Å². The smallest absolute Gasteiger partial charge is 0.462 e. The molecule has 0 amide bonds. The monoisotopic (exact) mass is 550 g/mol. The molecule has 0 radical (unpaired) electrons. The van der Waals surface area contributed by atoms with Crippen LogP contribution in [0.4, 0.5) is 0 Å². The molecule has 1 N–H and O–H groups in total. The van der Waals surface area contributed by atoms with Gasteiger partial charge in [-0.25, -0.2) is 4.57 Å². The van der Waals surface area contributed by atoms with Crippen LogP contribution >= 0.6 is 7.82 Å². The van der Waals surface area contributed by atoms with Crippen LogP contribution in [0.5, 0.6) is 0 Å². The molecule has 0 bridgehead atoms. The van der Waals surface area contributed by atoms with Gasteiger partial charge in [-0.05, 0) is 32.6 Å². The van der Waals surface area contributed by atoms with Crippen LogP contribution in [0.15, 0.2) is 12.2 Å². The summed E-state index contributed by atoms with van der Waals surface area (Å²) >= 11 is 0. The predicted molar refractivity (Wildman–Crippen MR) is 146 cm³/mol. The third-order valence-corrected chi connectivity index (χ3v) is 6.62. The number of hydrogen-bond acceptors (Lipinski definition) is 7. The molecule has 10 heteroatoms. The van der Waals surface area contributed by atoms with Crippen molar-refractivity contribution in [3.63, 3.8) is 0 Å². The summed E-state index contributed by atoms with van der Waals surface area (Å²) in [6.45, 7) is 4.05. The summed E-state index contributed by atoms with van der Waals surface area (Å²) in [5.74, 6) is -0.835. The molecular formula is C27H53NO8P+. The topological polar surface area (TPSA) is 108 Å². The molecule has 0 saturated carbocycles. The molecule has 218 valence electrons. The summed E-state index contributed by atoms with van der Waals surface area (Å²) in [6.07, 6.45) is 14.8. The van der Waals surface area contributed by atoms with Crippen molar-refractivity contribution in [1.29, 1.82) is 0 Å². The van der Waals surface area contributed by atoms with E-state index in [4.69, 9.17) is 18.5 Å². The number of quaternary nitrogens is 1. The molecule has 0 heterocycles. The predicted octanol–water partition coefficient (Wildman–Crippen LogP) is 5.95. The quantitative estimate of drug-likeness (QED) is 0.0517.